The number of nitrogens with one attached hydrogen (secondary N) is 1. The summed E-state index contributed by atoms with van der Waals surface area (Å²) in [4.78, 5) is 50.2. The molecule has 3 heterocycles. The number of hydrogen-bond acceptors (Lipinski definition) is 9. The van der Waals surface area contributed by atoms with E-state index in [9.17, 15) is 19.2 Å². The first-order chi connectivity index (χ1) is 18.3. The van der Waals surface area contributed by atoms with Crippen LogP contribution in [0.5, 0.6) is 23.0 Å². The zero-order valence-electron chi connectivity index (χ0n) is 19.9. The number of furan rings is 1. The Labute approximate surface area is 214 Å². The molecule has 0 spiro atoms. The number of benzene rings is 2. The van der Waals surface area contributed by atoms with Gasteiger partial charge in [0.2, 0.25) is 12.6 Å². The summed E-state index contributed by atoms with van der Waals surface area (Å²) in [5, 5.41) is 11.2. The molecular formula is C26H20N2O10. The number of carbonyl (C=O) groups is 4. The summed E-state index contributed by atoms with van der Waals surface area (Å²) in [5.74, 6) is -1.26. The van der Waals surface area contributed by atoms with E-state index in [1.165, 1.54) is 30.3 Å². The Morgan fingerprint density at radius 1 is 1.03 bits per heavy atom. The molecule has 0 unspecified atom stereocenters. The van der Waals surface area contributed by atoms with Gasteiger partial charge in [-0.15, -0.1) is 0 Å². The number of urea groups is 1. The van der Waals surface area contributed by atoms with Crippen molar-refractivity contribution in [2.45, 2.75) is 13.5 Å². The van der Waals surface area contributed by atoms with Crippen LogP contribution in [0.1, 0.15) is 28.8 Å². The van der Waals surface area contributed by atoms with Crippen LogP contribution in [0.25, 0.3) is 6.08 Å². The van der Waals surface area contributed by atoms with Crippen molar-refractivity contribution in [3.8, 4) is 23.0 Å². The molecule has 3 aromatic rings. The van der Waals surface area contributed by atoms with E-state index < -0.39 is 23.8 Å². The largest absolute Gasteiger partial charge is 0.490 e. The first kappa shape index (κ1) is 24.4. The fraction of sp³-hybridized carbons (Fsp3) is 0.154. The van der Waals surface area contributed by atoms with Gasteiger partial charge in [-0.25, -0.2) is 14.5 Å². The monoisotopic (exact) mass is 520 g/mol. The molecule has 12 nitrogen and oxygen atoms in total. The Morgan fingerprint density at radius 3 is 2.61 bits per heavy atom. The van der Waals surface area contributed by atoms with Gasteiger partial charge in [-0.05, 0) is 55.0 Å². The van der Waals surface area contributed by atoms with Gasteiger partial charge in [-0.3, -0.25) is 14.9 Å². The molecule has 1 fully saturated rings. The molecule has 0 bridgehead atoms. The predicted octanol–water partition coefficient (Wildman–Crippen LogP) is 3.35. The number of carbonyl (C=O) groups excluding carboxylic acids is 3. The molecule has 0 saturated carbocycles. The molecule has 0 aliphatic carbocycles. The number of anilines is 1. The van der Waals surface area contributed by atoms with E-state index in [1.54, 1.807) is 31.2 Å². The normalized spacial score (nSPS) is 15.6. The third kappa shape index (κ3) is 4.74. The molecular weight excluding hydrogens is 500 g/mol. The number of imide groups is 2. The van der Waals surface area contributed by atoms with E-state index in [4.69, 9.17) is 28.5 Å². The van der Waals surface area contributed by atoms with Gasteiger partial charge >= 0.3 is 12.0 Å². The maximum atomic E-state index is 13.2. The van der Waals surface area contributed by atoms with Crippen LogP contribution in [0, 0.1) is 0 Å². The Balaban J connectivity index is 1.39. The fourth-order valence-corrected chi connectivity index (χ4v) is 3.80. The van der Waals surface area contributed by atoms with Crippen LogP contribution < -0.4 is 29.2 Å². The lowest BCUT2D eigenvalue weighted by atomic mass is 10.1. The number of amides is 4. The highest BCUT2D eigenvalue weighted by molar-refractivity contribution is 6.39. The third-order valence-corrected chi connectivity index (χ3v) is 5.54. The van der Waals surface area contributed by atoms with E-state index >= 15 is 0 Å². The summed E-state index contributed by atoms with van der Waals surface area (Å²) in [6, 6.07) is 11.2. The molecule has 1 saturated heterocycles. The minimum atomic E-state index is -1.19. The Hall–Kier alpha value is -5.26. The molecule has 2 aliphatic heterocycles. The molecule has 12 heteroatoms. The van der Waals surface area contributed by atoms with Crippen LogP contribution in [-0.2, 0) is 16.2 Å². The Morgan fingerprint density at radius 2 is 1.84 bits per heavy atom. The zero-order chi connectivity index (χ0) is 26.8. The average Bonchev–Trinajstić information content (AvgIpc) is 3.56. The Bertz CT molecular complexity index is 1490. The lowest BCUT2D eigenvalue weighted by molar-refractivity contribution is -0.122. The van der Waals surface area contributed by atoms with Gasteiger partial charge in [0, 0.05) is 6.07 Å². The van der Waals surface area contributed by atoms with E-state index in [0.29, 0.717) is 40.9 Å². The Kier molecular flexibility index (Phi) is 6.44. The number of aromatic carboxylic acids is 1. The standard InChI is InChI=1S/C26H20N2O10/c1-2-34-21-10-14(3-6-18(21)35-12-16-5-8-20(38-16)25(31)32)9-17-23(29)27-26(33)28(24(17)30)15-4-7-19-22(11-15)37-13-36-19/h3-11H,2,12-13H2,1H3,(H,31,32)(H,27,29,33). The van der Waals surface area contributed by atoms with E-state index in [-0.39, 0.29) is 30.4 Å². The minimum absolute atomic E-state index is 0.0231. The third-order valence-electron chi connectivity index (χ3n) is 5.54. The van der Waals surface area contributed by atoms with E-state index in [1.807, 2.05) is 0 Å². The van der Waals surface area contributed by atoms with E-state index in [2.05, 4.69) is 5.32 Å². The lowest BCUT2D eigenvalue weighted by Gasteiger charge is -2.26. The highest BCUT2D eigenvalue weighted by atomic mass is 16.7. The van der Waals surface area contributed by atoms with Crippen molar-refractivity contribution in [2.24, 2.45) is 0 Å². The molecule has 194 valence electrons. The van der Waals surface area contributed by atoms with Crippen molar-refractivity contribution in [3.05, 3.63) is 71.2 Å². The highest BCUT2D eigenvalue weighted by Crippen LogP contribution is 2.36. The minimum Gasteiger partial charge on any atom is -0.490 e. The van der Waals surface area contributed by atoms with Gasteiger partial charge in [-0.1, -0.05) is 6.07 Å². The van der Waals surface area contributed by atoms with Crippen molar-refractivity contribution in [2.75, 3.05) is 18.3 Å². The summed E-state index contributed by atoms with van der Waals surface area (Å²) < 4.78 is 27.1. The van der Waals surface area contributed by atoms with E-state index in [0.717, 1.165) is 4.90 Å². The van der Waals surface area contributed by atoms with Crippen molar-refractivity contribution < 1.29 is 47.6 Å². The number of rotatable bonds is 8. The van der Waals surface area contributed by atoms with Gasteiger partial charge < -0.3 is 28.5 Å². The fourth-order valence-electron chi connectivity index (χ4n) is 3.80. The maximum Gasteiger partial charge on any atom is 0.371 e. The summed E-state index contributed by atoms with van der Waals surface area (Å²) >= 11 is 0. The van der Waals surface area contributed by atoms with Gasteiger partial charge in [0.1, 0.15) is 17.9 Å². The lowest BCUT2D eigenvalue weighted by Crippen LogP contribution is -2.54. The van der Waals surface area contributed by atoms with Crippen molar-refractivity contribution in [3.63, 3.8) is 0 Å². The van der Waals surface area contributed by atoms with Gasteiger partial charge in [0.15, 0.2) is 23.0 Å². The number of carboxylic acids is 1. The first-order valence-corrected chi connectivity index (χ1v) is 11.4. The summed E-state index contributed by atoms with van der Waals surface area (Å²) in [6.45, 7) is 2.04. The second-order valence-corrected chi connectivity index (χ2v) is 7.99. The predicted molar refractivity (Wildman–Crippen MR) is 129 cm³/mol. The number of nitrogens with zero attached hydrogens (tertiary/aromatic N) is 1. The summed E-state index contributed by atoms with van der Waals surface area (Å²) in [7, 11) is 0. The number of hydrogen-bond donors (Lipinski definition) is 2. The van der Waals surface area contributed by atoms with Crippen molar-refractivity contribution >= 4 is 35.6 Å². The van der Waals surface area contributed by atoms with Gasteiger partial charge in [0.05, 0.1) is 12.3 Å². The number of barbiturate groups is 1. The number of ether oxygens (including phenoxy) is 4. The quantitative estimate of drug-likeness (QED) is 0.334. The zero-order valence-corrected chi connectivity index (χ0v) is 19.9. The van der Waals surface area contributed by atoms with Crippen LogP contribution in [0.15, 0.2) is 58.5 Å². The van der Waals surface area contributed by atoms with Gasteiger partial charge in [-0.2, -0.15) is 0 Å². The maximum absolute atomic E-state index is 13.2. The van der Waals surface area contributed by atoms with Crippen LogP contribution in [0.2, 0.25) is 0 Å². The number of carboxylic acid groups (broad SMARTS) is 1. The molecule has 2 N–H and O–H groups in total. The van der Waals surface area contributed by atoms with Crippen LogP contribution >= 0.6 is 0 Å². The molecule has 38 heavy (non-hydrogen) atoms. The molecule has 1 aromatic heterocycles. The topological polar surface area (TPSA) is 154 Å². The molecule has 2 aliphatic rings. The second kappa shape index (κ2) is 10.0. The van der Waals surface area contributed by atoms with Crippen LogP contribution in [0.3, 0.4) is 0 Å². The molecule has 4 amide bonds. The van der Waals surface area contributed by atoms with Crippen molar-refractivity contribution in [1.29, 1.82) is 0 Å². The smallest absolute Gasteiger partial charge is 0.371 e. The molecule has 2 aromatic carbocycles. The molecule has 0 radical (unpaired) electrons. The number of fused-ring (bicyclic) bond motifs is 1. The summed E-state index contributed by atoms with van der Waals surface area (Å²) in [5.41, 5.74) is 0.374. The first-order valence-electron chi connectivity index (χ1n) is 11.4. The van der Waals surface area contributed by atoms with Gasteiger partial charge in [0.25, 0.3) is 11.8 Å². The molecule has 0 atom stereocenters. The summed E-state index contributed by atoms with van der Waals surface area (Å²) in [6.07, 6.45) is 1.34. The SMILES string of the molecule is CCOc1cc(C=C2C(=O)NC(=O)N(c3ccc4c(c3)OCO4)C2=O)ccc1OCc1ccc(C(=O)O)o1. The highest BCUT2D eigenvalue weighted by Gasteiger charge is 2.37. The molecule has 5 rings (SSSR count). The van der Waals surface area contributed by atoms with Crippen molar-refractivity contribution in [1.82, 2.24) is 5.32 Å². The second-order valence-electron chi connectivity index (χ2n) is 7.99. The average molecular weight is 520 g/mol. The van der Waals surface area contributed by atoms with Crippen LogP contribution in [-0.4, -0.2) is 42.3 Å². The van der Waals surface area contributed by atoms with Crippen LogP contribution in [0.4, 0.5) is 10.5 Å².